The second-order valence-corrected chi connectivity index (χ2v) is 19.2. The van der Waals surface area contributed by atoms with E-state index in [-0.39, 0.29) is 48.7 Å². The Labute approximate surface area is 366 Å². The van der Waals surface area contributed by atoms with Gasteiger partial charge in [0.1, 0.15) is 34.7 Å². The third-order valence-corrected chi connectivity index (χ3v) is 14.8. The summed E-state index contributed by atoms with van der Waals surface area (Å²) in [5, 5.41) is 1.54. The Morgan fingerprint density at radius 1 is 0.484 bits per heavy atom. The minimum absolute atomic E-state index is 0.0203. The lowest BCUT2D eigenvalue weighted by Crippen LogP contribution is -2.23. The third kappa shape index (κ3) is 9.40. The molecular weight excluding hydrogens is 885 g/mol. The molecule has 3 fully saturated rings. The van der Waals surface area contributed by atoms with E-state index in [0.717, 1.165) is 149 Å². The minimum Gasteiger partial charge on any atom is -0.385 e. The van der Waals surface area contributed by atoms with Crippen LogP contribution >= 0.6 is 43.1 Å². The van der Waals surface area contributed by atoms with E-state index in [1.807, 2.05) is 14.7 Å². The summed E-state index contributed by atoms with van der Waals surface area (Å²) in [7, 11) is -5.12. The average molecular weight is 921 g/mol. The molecule has 0 aromatic heterocycles. The number of benzene rings is 3. The fourth-order valence-corrected chi connectivity index (χ4v) is 11.5. The first-order valence-corrected chi connectivity index (χ1v) is 23.8. The largest absolute Gasteiger partial charge is 0.647 e. The van der Waals surface area contributed by atoms with Crippen LogP contribution in [0.15, 0.2) is 84.3 Å². The molecular formula is C42H36F3N6O7PS3. The normalized spacial score (nSPS) is 21.3. The first kappa shape index (κ1) is 42.1. The van der Waals surface area contributed by atoms with E-state index in [0.29, 0.717) is 15.5 Å². The Hall–Kier alpha value is -5.23. The number of rotatable bonds is 9. The lowest BCUT2D eigenvalue weighted by molar-refractivity contribution is -0.114. The average Bonchev–Trinajstić information content (AvgIpc) is 4.10. The number of likely N-dealkylation sites (tertiary alicyclic amines) is 3. The summed E-state index contributed by atoms with van der Waals surface area (Å²) in [6.45, 7) is 4.43. The summed E-state index contributed by atoms with van der Waals surface area (Å²) in [4.78, 5) is 58.2. The van der Waals surface area contributed by atoms with Gasteiger partial charge in [-0.15, -0.1) is 0 Å². The molecule has 0 bridgehead atoms. The molecule has 62 heavy (non-hydrogen) atoms. The number of aliphatic imine (C=N–C) groups is 3. The van der Waals surface area contributed by atoms with Crippen LogP contribution in [0.5, 0.6) is 17.2 Å². The zero-order valence-electron chi connectivity index (χ0n) is 32.8. The van der Waals surface area contributed by atoms with Gasteiger partial charge in [0.25, 0.3) is 17.7 Å². The van der Waals surface area contributed by atoms with E-state index in [9.17, 15) is 27.6 Å². The van der Waals surface area contributed by atoms with Crippen molar-refractivity contribution < 1.29 is 45.7 Å². The van der Waals surface area contributed by atoms with Crippen LogP contribution in [-0.2, 0) is 18.9 Å². The Kier molecular flexibility index (Phi) is 12.1. The van der Waals surface area contributed by atoms with E-state index in [2.05, 4.69) is 15.0 Å². The smallest absolute Gasteiger partial charge is 0.385 e. The van der Waals surface area contributed by atoms with E-state index < -0.39 is 43.0 Å². The van der Waals surface area contributed by atoms with Gasteiger partial charge >= 0.3 is 7.82 Å². The molecule has 3 saturated heterocycles. The van der Waals surface area contributed by atoms with Crippen molar-refractivity contribution in [1.29, 1.82) is 0 Å². The third-order valence-electron chi connectivity index (χ3n) is 10.4. The van der Waals surface area contributed by atoms with Gasteiger partial charge < -0.3 is 28.3 Å². The Morgan fingerprint density at radius 3 is 1.03 bits per heavy atom. The fraction of sp³-hybridized carbons (Fsp3) is 0.286. The molecule has 0 unspecified atom stereocenters. The van der Waals surface area contributed by atoms with Crippen molar-refractivity contribution in [3.8, 4) is 17.2 Å². The lowest BCUT2D eigenvalue weighted by Gasteiger charge is -2.22. The van der Waals surface area contributed by atoms with Crippen molar-refractivity contribution in [1.82, 2.24) is 14.7 Å². The summed E-state index contributed by atoms with van der Waals surface area (Å²) in [6.07, 6.45) is 9.78. The molecule has 0 N–H and O–H groups in total. The van der Waals surface area contributed by atoms with Gasteiger partial charge in [-0.1, -0.05) is 0 Å². The molecule has 20 heteroatoms. The van der Waals surface area contributed by atoms with Crippen molar-refractivity contribution >= 4 is 94.6 Å². The number of phosphoric acid groups is 1. The molecule has 3 amide bonds. The van der Waals surface area contributed by atoms with Crippen molar-refractivity contribution in [3.05, 3.63) is 103 Å². The highest BCUT2D eigenvalue weighted by Crippen LogP contribution is 2.53. The number of carbonyl (C=O) groups excluding carboxylic acids is 3. The van der Waals surface area contributed by atoms with Crippen molar-refractivity contribution in [2.45, 2.75) is 38.5 Å². The number of thioether (sulfide) groups is 3. The Morgan fingerprint density at radius 2 is 0.758 bits per heavy atom. The van der Waals surface area contributed by atoms with Crippen LogP contribution in [0.1, 0.15) is 55.2 Å². The lowest BCUT2D eigenvalue weighted by atomic mass is 10.2. The Bertz CT molecular complexity index is 2340. The molecule has 0 spiro atoms. The number of phosphoric ester groups is 1. The predicted molar refractivity (Wildman–Crippen MR) is 235 cm³/mol. The molecule has 3 aromatic carbocycles. The number of amidine groups is 3. The van der Waals surface area contributed by atoms with Crippen molar-refractivity contribution in [2.24, 2.45) is 15.0 Å². The molecule has 0 aliphatic carbocycles. The van der Waals surface area contributed by atoms with E-state index in [1.165, 1.54) is 36.4 Å². The number of carbonyl (C=O) groups is 3. The van der Waals surface area contributed by atoms with E-state index in [4.69, 9.17) is 13.6 Å². The monoisotopic (exact) mass is 920 g/mol. The first-order valence-electron chi connectivity index (χ1n) is 19.9. The molecule has 6 aliphatic rings. The zero-order valence-corrected chi connectivity index (χ0v) is 36.1. The van der Waals surface area contributed by atoms with Crippen LogP contribution in [0.25, 0.3) is 18.2 Å². The highest BCUT2D eigenvalue weighted by atomic mass is 32.2. The second-order valence-electron chi connectivity index (χ2n) is 14.8. The van der Waals surface area contributed by atoms with Crippen molar-refractivity contribution in [2.75, 3.05) is 39.3 Å². The van der Waals surface area contributed by atoms with Gasteiger partial charge in [-0.25, -0.2) is 13.2 Å². The Balaban J connectivity index is 1.08. The molecule has 0 radical (unpaired) electrons. The van der Waals surface area contributed by atoms with Gasteiger partial charge in [0.2, 0.25) is 0 Å². The molecule has 6 heterocycles. The minimum atomic E-state index is -5.12. The molecule has 0 saturated carbocycles. The summed E-state index contributed by atoms with van der Waals surface area (Å²) in [6, 6.07) is 9.84. The van der Waals surface area contributed by atoms with Crippen LogP contribution in [-0.4, -0.2) is 87.2 Å². The number of hydrogen-bond donors (Lipinski definition) is 0. The van der Waals surface area contributed by atoms with Gasteiger partial charge in [-0.2, -0.15) is 19.5 Å². The zero-order chi connectivity index (χ0) is 43.0. The molecule has 9 rings (SSSR count). The predicted octanol–water partition coefficient (Wildman–Crippen LogP) is 8.95. The summed E-state index contributed by atoms with van der Waals surface area (Å²) >= 11 is 3.34. The molecule has 3 aromatic rings. The fourth-order valence-electron chi connectivity index (χ4n) is 7.31. The van der Waals surface area contributed by atoms with Gasteiger partial charge in [-0.3, -0.25) is 14.4 Å². The van der Waals surface area contributed by atoms with Crippen LogP contribution in [0.3, 0.4) is 0 Å². The highest BCUT2D eigenvalue weighted by molar-refractivity contribution is 8.19. The van der Waals surface area contributed by atoms with Crippen molar-refractivity contribution in [3.63, 3.8) is 0 Å². The van der Waals surface area contributed by atoms with Crippen LogP contribution in [0.4, 0.5) is 13.2 Å². The topological polar surface area (TPSA) is 143 Å². The maximum absolute atomic E-state index is 15.3. The number of amides is 3. The van der Waals surface area contributed by atoms with Crippen LogP contribution < -0.4 is 13.6 Å². The summed E-state index contributed by atoms with van der Waals surface area (Å²) in [5.41, 5.74) is -0.0608. The molecule has 320 valence electrons. The summed E-state index contributed by atoms with van der Waals surface area (Å²) < 4.78 is 78.4. The quantitative estimate of drug-likeness (QED) is 0.149. The summed E-state index contributed by atoms with van der Waals surface area (Å²) in [5.74, 6) is -4.52. The molecule has 0 atom stereocenters. The van der Waals surface area contributed by atoms with Gasteiger partial charge in [-0.05, 0) is 147 Å². The number of halogens is 3. The van der Waals surface area contributed by atoms with E-state index in [1.54, 1.807) is 0 Å². The second kappa shape index (κ2) is 17.9. The maximum atomic E-state index is 15.3. The van der Waals surface area contributed by atoms with E-state index >= 15 is 4.57 Å². The SMILES string of the molecule is O=C1N=C(N2CCCC2)S/C1=C\c1cc(F)ccc1OP(=O)(Oc1ccc(F)cc1/C=C1\SC(N2CCCC2)=NC1=O)Oc1ccc(F)cc1/C=C1\SC(N2CCCC2)=NC1=O. The number of hydrogen-bond acceptors (Lipinski definition) is 13. The van der Waals surface area contributed by atoms with Crippen LogP contribution in [0, 0.1) is 17.5 Å². The maximum Gasteiger partial charge on any atom is 0.647 e. The highest BCUT2D eigenvalue weighted by Gasteiger charge is 2.38. The van der Waals surface area contributed by atoms with Gasteiger partial charge in [0, 0.05) is 56.0 Å². The molecule has 13 nitrogen and oxygen atoms in total. The van der Waals surface area contributed by atoms with Crippen LogP contribution in [0.2, 0.25) is 0 Å². The standard InChI is InChI=1S/C42H36F3N6O7PS3/c43-28-7-10-31(25(19-28)22-34-37(52)46-40(60-34)49-13-1-2-14-49)56-59(55,57-32-11-8-29(44)20-26(32)23-35-38(53)47-41(61-35)50-15-3-4-16-50)58-33-12-9-30(45)21-27(33)24-36-39(54)48-42(62-36)51-17-5-6-18-51/h7-12,19-24H,1-6,13-18H2/b34-22-,35-23-,36-24-. The first-order chi connectivity index (χ1) is 29.9. The van der Waals surface area contributed by atoms with Gasteiger partial charge in [0.05, 0.1) is 14.7 Å². The van der Waals surface area contributed by atoms with Gasteiger partial charge in [0.15, 0.2) is 15.5 Å². The number of nitrogens with zero attached hydrogens (tertiary/aromatic N) is 6. The molecule has 6 aliphatic heterocycles.